The van der Waals surface area contributed by atoms with Crippen LogP contribution in [0.1, 0.15) is 57.8 Å². The number of carbonyl (C=O) groups is 1. The van der Waals surface area contributed by atoms with E-state index in [0.29, 0.717) is 5.92 Å². The molecule has 2 aromatic rings. The number of hydrogen-bond donors (Lipinski definition) is 2. The smallest absolute Gasteiger partial charge is 0.315 e. The number of amides is 2. The van der Waals surface area contributed by atoms with Crippen LogP contribution in [0, 0.1) is 5.92 Å². The second-order valence-corrected chi connectivity index (χ2v) is 9.92. The highest BCUT2D eigenvalue weighted by atomic mass is 16.5. The van der Waals surface area contributed by atoms with Gasteiger partial charge in [0.05, 0.1) is 24.8 Å². The average molecular weight is 468 g/mol. The molecule has 2 heterocycles. The molecular formula is C26H37N5O3. The molecule has 8 nitrogen and oxygen atoms in total. The minimum absolute atomic E-state index is 0.0191. The van der Waals surface area contributed by atoms with Gasteiger partial charge in [-0.2, -0.15) is 0 Å². The quantitative estimate of drug-likeness (QED) is 0.667. The standard InChI is InChI=1S/C26H37N5O3/c32-26(29-18-19-4-2-1-3-5-19)30-20-6-8-22(9-7-20)34-24-17-21(31-12-14-33-15-13-31)16-23-25(24)28-11-10-27-23/h10-11,16-17,19-20,22H,1-9,12-15,18H2,(H2,29,30,32). The Bertz CT molecular complexity index is 951. The van der Waals surface area contributed by atoms with Gasteiger partial charge in [0.1, 0.15) is 11.3 Å². The Labute approximate surface area is 201 Å². The number of rotatable bonds is 6. The van der Waals surface area contributed by atoms with Crippen molar-refractivity contribution >= 4 is 22.8 Å². The highest BCUT2D eigenvalue weighted by molar-refractivity contribution is 5.85. The second-order valence-electron chi connectivity index (χ2n) is 9.92. The van der Waals surface area contributed by atoms with Crippen molar-refractivity contribution in [3.63, 3.8) is 0 Å². The van der Waals surface area contributed by atoms with Crippen molar-refractivity contribution < 1.29 is 14.3 Å². The number of aromatic nitrogens is 2. The Hall–Kier alpha value is -2.61. The zero-order chi connectivity index (χ0) is 23.2. The van der Waals surface area contributed by atoms with Gasteiger partial charge in [-0.1, -0.05) is 19.3 Å². The van der Waals surface area contributed by atoms with E-state index in [1.54, 1.807) is 12.4 Å². The third kappa shape index (κ3) is 5.90. The van der Waals surface area contributed by atoms with Gasteiger partial charge < -0.3 is 25.0 Å². The van der Waals surface area contributed by atoms with Crippen molar-refractivity contribution in [2.45, 2.75) is 69.9 Å². The third-order valence-electron chi connectivity index (χ3n) is 7.48. The van der Waals surface area contributed by atoms with E-state index < -0.39 is 0 Å². The zero-order valence-corrected chi connectivity index (χ0v) is 20.0. The largest absolute Gasteiger partial charge is 0.488 e. The molecule has 2 N–H and O–H groups in total. The van der Waals surface area contributed by atoms with Crippen LogP contribution in [-0.4, -0.2) is 61.0 Å². The van der Waals surface area contributed by atoms with Crippen LogP contribution in [0.15, 0.2) is 24.5 Å². The number of urea groups is 1. The molecule has 1 aromatic carbocycles. The first-order chi connectivity index (χ1) is 16.7. The summed E-state index contributed by atoms with van der Waals surface area (Å²) in [4.78, 5) is 23.8. The van der Waals surface area contributed by atoms with Gasteiger partial charge in [-0.25, -0.2) is 9.78 Å². The molecule has 0 radical (unpaired) electrons. The van der Waals surface area contributed by atoms with Gasteiger partial charge >= 0.3 is 6.03 Å². The Kier molecular flexibility index (Phi) is 7.63. The minimum Gasteiger partial charge on any atom is -0.488 e. The monoisotopic (exact) mass is 467 g/mol. The summed E-state index contributed by atoms with van der Waals surface area (Å²) in [5.41, 5.74) is 2.77. The van der Waals surface area contributed by atoms with Crippen molar-refractivity contribution in [3.8, 4) is 5.75 Å². The Morgan fingerprint density at radius 3 is 2.56 bits per heavy atom. The number of ether oxygens (including phenoxy) is 2. The molecule has 34 heavy (non-hydrogen) atoms. The molecule has 1 saturated heterocycles. The average Bonchev–Trinajstić information content (AvgIpc) is 2.90. The molecule has 0 unspecified atom stereocenters. The van der Waals surface area contributed by atoms with Crippen LogP contribution in [0.2, 0.25) is 0 Å². The van der Waals surface area contributed by atoms with Gasteiger partial charge in [-0.15, -0.1) is 0 Å². The second kappa shape index (κ2) is 11.2. The van der Waals surface area contributed by atoms with Gasteiger partial charge in [0.15, 0.2) is 0 Å². The molecule has 0 atom stereocenters. The fourth-order valence-corrected chi connectivity index (χ4v) is 5.49. The van der Waals surface area contributed by atoms with Crippen LogP contribution >= 0.6 is 0 Å². The van der Waals surface area contributed by atoms with Crippen LogP contribution < -0.4 is 20.3 Å². The normalized spacial score (nSPS) is 24.1. The first-order valence-corrected chi connectivity index (χ1v) is 13.0. The topological polar surface area (TPSA) is 88.6 Å². The van der Waals surface area contributed by atoms with E-state index in [2.05, 4.69) is 37.6 Å². The van der Waals surface area contributed by atoms with E-state index in [1.165, 1.54) is 32.1 Å². The van der Waals surface area contributed by atoms with Gasteiger partial charge in [0.25, 0.3) is 0 Å². The first kappa shape index (κ1) is 23.1. The lowest BCUT2D eigenvalue weighted by Gasteiger charge is -2.31. The van der Waals surface area contributed by atoms with Crippen LogP contribution in [0.3, 0.4) is 0 Å². The molecule has 0 bridgehead atoms. The predicted octanol–water partition coefficient (Wildman–Crippen LogP) is 4.04. The fraction of sp³-hybridized carbons (Fsp3) is 0.654. The molecule has 2 aliphatic carbocycles. The number of benzene rings is 1. The summed E-state index contributed by atoms with van der Waals surface area (Å²) in [5, 5.41) is 6.28. The Morgan fingerprint density at radius 1 is 1.00 bits per heavy atom. The van der Waals surface area contributed by atoms with Crippen molar-refractivity contribution in [2.24, 2.45) is 5.92 Å². The van der Waals surface area contributed by atoms with Crippen molar-refractivity contribution in [3.05, 3.63) is 24.5 Å². The number of nitrogens with zero attached hydrogens (tertiary/aromatic N) is 3. The molecule has 0 spiro atoms. The summed E-state index contributed by atoms with van der Waals surface area (Å²) >= 11 is 0. The van der Waals surface area contributed by atoms with Crippen molar-refractivity contribution in [1.82, 2.24) is 20.6 Å². The maximum atomic E-state index is 12.4. The van der Waals surface area contributed by atoms with Crippen molar-refractivity contribution in [1.29, 1.82) is 0 Å². The molecular weight excluding hydrogens is 430 g/mol. The molecule has 8 heteroatoms. The van der Waals surface area contributed by atoms with Gasteiger partial charge in [0, 0.05) is 49.8 Å². The lowest BCUT2D eigenvalue weighted by atomic mass is 9.89. The summed E-state index contributed by atoms with van der Waals surface area (Å²) in [6.07, 6.45) is 13.7. The SMILES string of the molecule is O=C(NCC1CCCCC1)NC1CCC(Oc2cc(N3CCOCC3)cc3nccnc23)CC1. The number of hydrogen-bond acceptors (Lipinski definition) is 6. The lowest BCUT2D eigenvalue weighted by Crippen LogP contribution is -2.46. The number of nitrogens with one attached hydrogen (secondary N) is 2. The molecule has 5 rings (SSSR count). The zero-order valence-electron chi connectivity index (χ0n) is 20.0. The summed E-state index contributed by atoms with van der Waals surface area (Å²) in [7, 11) is 0. The number of fused-ring (bicyclic) bond motifs is 1. The summed E-state index contributed by atoms with van der Waals surface area (Å²) in [6, 6.07) is 4.38. The molecule has 3 aliphatic rings. The van der Waals surface area contributed by atoms with Crippen LogP contribution in [-0.2, 0) is 4.74 Å². The van der Waals surface area contributed by atoms with E-state index in [0.717, 1.165) is 81.0 Å². The molecule has 3 fully saturated rings. The highest BCUT2D eigenvalue weighted by Crippen LogP contribution is 2.33. The van der Waals surface area contributed by atoms with E-state index in [4.69, 9.17) is 9.47 Å². The Morgan fingerprint density at radius 2 is 1.76 bits per heavy atom. The van der Waals surface area contributed by atoms with E-state index in [-0.39, 0.29) is 18.2 Å². The lowest BCUT2D eigenvalue weighted by molar-refractivity contribution is 0.122. The maximum Gasteiger partial charge on any atom is 0.315 e. The maximum absolute atomic E-state index is 12.4. The highest BCUT2D eigenvalue weighted by Gasteiger charge is 2.25. The van der Waals surface area contributed by atoms with Crippen LogP contribution in [0.4, 0.5) is 10.5 Å². The van der Waals surface area contributed by atoms with Crippen LogP contribution in [0.25, 0.3) is 11.0 Å². The molecule has 184 valence electrons. The third-order valence-corrected chi connectivity index (χ3v) is 7.48. The van der Waals surface area contributed by atoms with Crippen molar-refractivity contribution in [2.75, 3.05) is 37.7 Å². The molecule has 2 saturated carbocycles. The van der Waals surface area contributed by atoms with E-state index >= 15 is 0 Å². The minimum atomic E-state index is -0.0191. The molecule has 1 aromatic heterocycles. The summed E-state index contributed by atoms with van der Waals surface area (Å²) in [6.45, 7) is 4.01. The first-order valence-electron chi connectivity index (χ1n) is 13.0. The number of anilines is 1. The number of morpholine rings is 1. The van der Waals surface area contributed by atoms with Gasteiger partial charge in [0.2, 0.25) is 0 Å². The van der Waals surface area contributed by atoms with E-state index in [1.807, 2.05) is 0 Å². The predicted molar refractivity (Wildman–Crippen MR) is 132 cm³/mol. The van der Waals surface area contributed by atoms with Gasteiger partial charge in [-0.3, -0.25) is 4.98 Å². The number of carbonyl (C=O) groups excluding carboxylic acids is 1. The fourth-order valence-electron chi connectivity index (χ4n) is 5.49. The molecule has 2 amide bonds. The van der Waals surface area contributed by atoms with Gasteiger partial charge in [-0.05, 0) is 50.5 Å². The summed E-state index contributed by atoms with van der Waals surface area (Å²) in [5.74, 6) is 1.45. The molecule has 1 aliphatic heterocycles. The Balaban J connectivity index is 1.15. The van der Waals surface area contributed by atoms with E-state index in [9.17, 15) is 4.79 Å². The van der Waals surface area contributed by atoms with Crippen LogP contribution in [0.5, 0.6) is 5.75 Å². The summed E-state index contributed by atoms with van der Waals surface area (Å²) < 4.78 is 12.0.